The van der Waals surface area contributed by atoms with Crippen molar-refractivity contribution < 1.29 is 35.3 Å². The van der Waals surface area contributed by atoms with Crippen LogP contribution in [0, 0.1) is 0 Å². The molecule has 3 aromatic carbocycles. The van der Waals surface area contributed by atoms with Gasteiger partial charge in [-0.25, -0.2) is 4.79 Å². The molecule has 0 saturated carbocycles. The first-order valence-electron chi connectivity index (χ1n) is 10.8. The normalized spacial score (nSPS) is 11.8. The molecule has 0 radical (unpaired) electrons. The molecule has 0 aromatic heterocycles. The molecule has 0 fully saturated rings. The largest absolute Gasteiger partial charge is 0.497 e. The fraction of sp³-hybridized carbons (Fsp3) is 0.240. The van der Waals surface area contributed by atoms with E-state index in [4.69, 9.17) is 8.92 Å². The third-order valence-corrected chi connectivity index (χ3v) is 6.40. The number of benzene rings is 3. The zero-order valence-corrected chi connectivity index (χ0v) is 20.6. The molecular weight excluding hydrogens is 497 g/mol. The quantitative estimate of drug-likeness (QED) is 0.371. The molecule has 3 rings (SSSR count). The average molecular weight is 523 g/mol. The van der Waals surface area contributed by atoms with Crippen molar-refractivity contribution in [3.05, 3.63) is 83.9 Å². The highest BCUT2D eigenvalue weighted by Gasteiger charge is 2.32. The van der Waals surface area contributed by atoms with E-state index in [2.05, 4.69) is 5.32 Å². The minimum Gasteiger partial charge on any atom is -0.497 e. The van der Waals surface area contributed by atoms with E-state index in [1.807, 2.05) is 13.8 Å². The molecule has 0 atom stereocenters. The zero-order chi connectivity index (χ0) is 26.5. The fourth-order valence-electron chi connectivity index (χ4n) is 3.21. The molecule has 36 heavy (non-hydrogen) atoms. The number of alkyl halides is 3. The lowest BCUT2D eigenvalue weighted by Gasteiger charge is -2.27. The van der Waals surface area contributed by atoms with Crippen LogP contribution in [0.25, 0.3) is 0 Å². The SMILES string of the molecule is COc1ccc(NC(=O)N(Cc2ccc(OS(=O)(=O)c3cccc(C(F)(F)F)c3)cc2)C(C)C)cc1. The number of hydrogen-bond donors (Lipinski definition) is 1. The fourth-order valence-corrected chi connectivity index (χ4v) is 4.19. The molecule has 3 aromatic rings. The van der Waals surface area contributed by atoms with Gasteiger partial charge in [0.2, 0.25) is 0 Å². The minimum atomic E-state index is -4.69. The lowest BCUT2D eigenvalue weighted by atomic mass is 10.2. The Morgan fingerprint density at radius 3 is 2.14 bits per heavy atom. The molecular formula is C25H25F3N2O5S. The van der Waals surface area contributed by atoms with Gasteiger partial charge in [0.25, 0.3) is 0 Å². The van der Waals surface area contributed by atoms with Crippen molar-refractivity contribution in [1.29, 1.82) is 0 Å². The van der Waals surface area contributed by atoms with Gasteiger partial charge in [0.15, 0.2) is 0 Å². The summed E-state index contributed by atoms with van der Waals surface area (Å²) in [5.74, 6) is 0.584. The zero-order valence-electron chi connectivity index (χ0n) is 19.7. The van der Waals surface area contributed by atoms with Gasteiger partial charge in [-0.05, 0) is 74.0 Å². The summed E-state index contributed by atoms with van der Waals surface area (Å²) in [7, 11) is -2.94. The Hall–Kier alpha value is -3.73. The van der Waals surface area contributed by atoms with Crippen LogP contribution in [-0.2, 0) is 22.8 Å². The van der Waals surface area contributed by atoms with Gasteiger partial charge in [-0.15, -0.1) is 0 Å². The van der Waals surface area contributed by atoms with E-state index in [0.29, 0.717) is 23.1 Å². The van der Waals surface area contributed by atoms with Gasteiger partial charge in [-0.3, -0.25) is 0 Å². The number of ether oxygens (including phenoxy) is 1. The van der Waals surface area contributed by atoms with Gasteiger partial charge >= 0.3 is 22.3 Å². The van der Waals surface area contributed by atoms with Gasteiger partial charge < -0.3 is 19.1 Å². The van der Waals surface area contributed by atoms with Gasteiger partial charge in [0, 0.05) is 18.3 Å². The minimum absolute atomic E-state index is 0.0741. The van der Waals surface area contributed by atoms with Crippen LogP contribution in [0.15, 0.2) is 77.7 Å². The van der Waals surface area contributed by atoms with Crippen LogP contribution in [0.1, 0.15) is 25.0 Å². The van der Waals surface area contributed by atoms with E-state index in [-0.39, 0.29) is 24.4 Å². The van der Waals surface area contributed by atoms with Crippen LogP contribution in [0.4, 0.5) is 23.7 Å². The number of rotatable bonds is 8. The maximum Gasteiger partial charge on any atom is 0.416 e. The first-order valence-corrected chi connectivity index (χ1v) is 12.2. The highest BCUT2D eigenvalue weighted by atomic mass is 32.2. The number of methoxy groups -OCH3 is 1. The molecule has 1 N–H and O–H groups in total. The number of urea groups is 1. The summed E-state index contributed by atoms with van der Waals surface area (Å²) in [6, 6.07) is 15.6. The van der Waals surface area contributed by atoms with Crippen molar-refractivity contribution in [3.63, 3.8) is 0 Å². The van der Waals surface area contributed by atoms with E-state index >= 15 is 0 Å². The summed E-state index contributed by atoms with van der Waals surface area (Å²) in [5.41, 5.74) is 0.191. The Morgan fingerprint density at radius 1 is 0.972 bits per heavy atom. The van der Waals surface area contributed by atoms with Crippen LogP contribution < -0.4 is 14.2 Å². The maximum absolute atomic E-state index is 12.9. The standard InChI is InChI=1S/C25H25F3N2O5S/c1-17(2)30(24(31)29-20-9-13-21(34-3)14-10-20)16-18-7-11-22(12-8-18)35-36(32,33)23-6-4-5-19(15-23)25(26,27)28/h4-15,17H,16H2,1-3H3,(H,29,31). The molecule has 0 aliphatic carbocycles. The molecule has 0 unspecified atom stereocenters. The van der Waals surface area contributed by atoms with Crippen LogP contribution in [-0.4, -0.2) is 32.5 Å². The van der Waals surface area contributed by atoms with Crippen molar-refractivity contribution in [2.24, 2.45) is 0 Å². The van der Waals surface area contributed by atoms with E-state index in [9.17, 15) is 26.4 Å². The third-order valence-electron chi connectivity index (χ3n) is 5.16. The van der Waals surface area contributed by atoms with E-state index < -0.39 is 26.8 Å². The molecule has 0 bridgehead atoms. The second-order valence-corrected chi connectivity index (χ2v) is 9.63. The van der Waals surface area contributed by atoms with E-state index in [0.717, 1.165) is 18.2 Å². The molecule has 7 nitrogen and oxygen atoms in total. The number of anilines is 1. The third kappa shape index (κ3) is 6.91. The number of carbonyl (C=O) groups excluding carboxylic acids is 1. The highest BCUT2D eigenvalue weighted by Crippen LogP contribution is 2.31. The molecule has 0 aliphatic heterocycles. The number of carbonyl (C=O) groups is 1. The topological polar surface area (TPSA) is 84.9 Å². The van der Waals surface area contributed by atoms with Crippen molar-refractivity contribution >= 4 is 21.8 Å². The molecule has 0 heterocycles. The number of nitrogens with zero attached hydrogens (tertiary/aromatic N) is 1. The van der Waals surface area contributed by atoms with Gasteiger partial charge in [-0.2, -0.15) is 21.6 Å². The second-order valence-electron chi connectivity index (χ2n) is 8.09. The summed E-state index contributed by atoms with van der Waals surface area (Å²) >= 11 is 0. The van der Waals surface area contributed by atoms with Gasteiger partial charge in [0.05, 0.1) is 12.7 Å². The van der Waals surface area contributed by atoms with Crippen molar-refractivity contribution in [2.75, 3.05) is 12.4 Å². The second kappa shape index (κ2) is 10.9. The molecule has 11 heteroatoms. The predicted octanol–water partition coefficient (Wildman–Crippen LogP) is 5.92. The maximum atomic E-state index is 12.9. The Kier molecular flexibility index (Phi) is 8.13. The summed E-state index contributed by atoms with van der Waals surface area (Å²) in [6.07, 6.45) is -4.69. The number of amides is 2. The lowest BCUT2D eigenvalue weighted by molar-refractivity contribution is -0.137. The summed E-state index contributed by atoms with van der Waals surface area (Å²) in [4.78, 5) is 13.8. The van der Waals surface area contributed by atoms with Crippen molar-refractivity contribution in [1.82, 2.24) is 4.90 Å². The predicted molar refractivity (Wildman–Crippen MR) is 128 cm³/mol. The first kappa shape index (κ1) is 26.9. The summed E-state index contributed by atoms with van der Waals surface area (Å²) in [6.45, 7) is 3.93. The summed E-state index contributed by atoms with van der Waals surface area (Å²) in [5, 5.41) is 2.82. The molecule has 192 valence electrons. The van der Waals surface area contributed by atoms with Crippen LogP contribution in [0.5, 0.6) is 11.5 Å². The lowest BCUT2D eigenvalue weighted by Crippen LogP contribution is -2.39. The monoisotopic (exact) mass is 522 g/mol. The Morgan fingerprint density at radius 2 is 1.58 bits per heavy atom. The van der Waals surface area contributed by atoms with Crippen molar-refractivity contribution in [3.8, 4) is 11.5 Å². The van der Waals surface area contributed by atoms with Crippen LogP contribution in [0.2, 0.25) is 0 Å². The molecule has 0 aliphatic rings. The Balaban J connectivity index is 1.69. The summed E-state index contributed by atoms with van der Waals surface area (Å²) < 4.78 is 73.8. The van der Waals surface area contributed by atoms with Gasteiger partial charge in [-0.1, -0.05) is 18.2 Å². The van der Waals surface area contributed by atoms with E-state index in [1.54, 1.807) is 48.4 Å². The van der Waals surface area contributed by atoms with Gasteiger partial charge in [0.1, 0.15) is 16.4 Å². The van der Waals surface area contributed by atoms with Crippen LogP contribution in [0.3, 0.4) is 0 Å². The smallest absolute Gasteiger partial charge is 0.416 e. The average Bonchev–Trinajstić information content (AvgIpc) is 2.83. The Labute approximate surface area is 207 Å². The highest BCUT2D eigenvalue weighted by molar-refractivity contribution is 7.87. The Bertz CT molecular complexity index is 1290. The number of hydrogen-bond acceptors (Lipinski definition) is 5. The van der Waals surface area contributed by atoms with E-state index in [1.165, 1.54) is 12.1 Å². The number of nitrogens with one attached hydrogen (secondary N) is 1. The van der Waals surface area contributed by atoms with Crippen LogP contribution >= 0.6 is 0 Å². The molecule has 0 spiro atoms. The molecule has 2 amide bonds. The van der Waals surface area contributed by atoms with Crippen molar-refractivity contribution in [2.45, 2.75) is 37.5 Å². The molecule has 0 saturated heterocycles. The first-order chi connectivity index (χ1) is 16.9. The number of halogens is 3.